The first-order valence-corrected chi connectivity index (χ1v) is 11.7. The quantitative estimate of drug-likeness (QED) is 0.255. The second kappa shape index (κ2) is 14.2. The molecule has 162 valence electrons. The van der Waals surface area contributed by atoms with Crippen LogP contribution in [0.3, 0.4) is 0 Å². The third kappa shape index (κ3) is 9.57. The number of esters is 1. The molecule has 1 saturated carbocycles. The monoisotopic (exact) mass is 414 g/mol. The largest absolute Gasteiger partial charge is 0.469 e. The summed E-state index contributed by atoms with van der Waals surface area (Å²) in [6.45, 7) is 4.32. The van der Waals surface area contributed by atoms with Crippen molar-refractivity contribution in [3.63, 3.8) is 0 Å². The van der Waals surface area contributed by atoms with Crippen molar-refractivity contribution in [1.82, 2.24) is 0 Å². The fourth-order valence-corrected chi connectivity index (χ4v) is 4.99. The molecule has 1 aliphatic carbocycles. The number of thioether (sulfide) groups is 1. The smallest absolute Gasteiger partial charge is 0.305 e. The van der Waals surface area contributed by atoms with Gasteiger partial charge < -0.3 is 14.9 Å². The van der Waals surface area contributed by atoms with E-state index in [1.807, 2.05) is 6.08 Å². The molecule has 28 heavy (non-hydrogen) atoms. The van der Waals surface area contributed by atoms with Crippen molar-refractivity contribution in [2.75, 3.05) is 12.9 Å². The Morgan fingerprint density at radius 3 is 2.75 bits per heavy atom. The minimum atomic E-state index is -0.662. The number of ketones is 1. The highest BCUT2D eigenvalue weighted by Gasteiger charge is 2.40. The molecule has 0 aromatic rings. The molecular formula is C22H38O5S. The van der Waals surface area contributed by atoms with Crippen molar-refractivity contribution in [2.24, 2.45) is 11.8 Å². The molecule has 1 fully saturated rings. The molecule has 1 rings (SSSR count). The van der Waals surface area contributed by atoms with Crippen LogP contribution in [0.1, 0.15) is 71.6 Å². The Kier molecular flexibility index (Phi) is 12.8. The molecule has 1 unspecified atom stereocenters. The van der Waals surface area contributed by atoms with Gasteiger partial charge in [0.25, 0.3) is 0 Å². The highest BCUT2D eigenvalue weighted by atomic mass is 32.2. The number of Topliss-reactive ketones (excluding diaryl/α,β-unsaturated/α-hetero) is 1. The van der Waals surface area contributed by atoms with E-state index in [1.54, 1.807) is 17.8 Å². The van der Waals surface area contributed by atoms with Crippen LogP contribution in [-0.4, -0.2) is 52.3 Å². The van der Waals surface area contributed by atoms with Gasteiger partial charge >= 0.3 is 5.97 Å². The lowest BCUT2D eigenvalue weighted by Gasteiger charge is -2.18. The molecule has 5 atom stereocenters. The summed E-state index contributed by atoms with van der Waals surface area (Å²) in [6.07, 6.45) is 9.84. The standard InChI is InChI=1S/C22H38O5S/c1-4-5-9-16(2)14-17(23)11-12-18-19(24)15-20(25)22(18)28-13-8-6-7-10-21(26)27-3/h11-12,16-19,22-24H,4-10,13-15H2,1-3H3/b12-11+/t16-,17?,18+,19-,22-/m1/s1. The predicted octanol–water partition coefficient (Wildman–Crippen LogP) is 3.91. The van der Waals surface area contributed by atoms with Crippen LogP contribution in [0, 0.1) is 11.8 Å². The lowest BCUT2D eigenvalue weighted by atomic mass is 9.96. The molecule has 5 nitrogen and oxygen atoms in total. The van der Waals surface area contributed by atoms with Gasteiger partial charge in [-0.3, -0.25) is 9.59 Å². The maximum atomic E-state index is 12.2. The minimum Gasteiger partial charge on any atom is -0.469 e. The zero-order chi connectivity index (χ0) is 20.9. The first-order valence-electron chi connectivity index (χ1n) is 10.6. The molecule has 0 saturated heterocycles. The van der Waals surface area contributed by atoms with E-state index in [0.29, 0.717) is 18.8 Å². The van der Waals surface area contributed by atoms with Crippen molar-refractivity contribution in [2.45, 2.75) is 89.1 Å². The third-order valence-corrected chi connectivity index (χ3v) is 6.78. The van der Waals surface area contributed by atoms with Gasteiger partial charge in [-0.1, -0.05) is 51.7 Å². The van der Waals surface area contributed by atoms with Crippen molar-refractivity contribution in [3.05, 3.63) is 12.2 Å². The molecule has 0 aliphatic heterocycles. The Morgan fingerprint density at radius 2 is 2.07 bits per heavy atom. The first kappa shape index (κ1) is 25.2. The van der Waals surface area contributed by atoms with Gasteiger partial charge in [0.1, 0.15) is 5.78 Å². The maximum Gasteiger partial charge on any atom is 0.305 e. The molecule has 0 bridgehead atoms. The highest BCUT2D eigenvalue weighted by Crippen LogP contribution is 2.34. The van der Waals surface area contributed by atoms with Crippen LogP contribution in [0.2, 0.25) is 0 Å². The topological polar surface area (TPSA) is 83.8 Å². The molecule has 0 amide bonds. The fraction of sp³-hybridized carbons (Fsp3) is 0.818. The van der Waals surface area contributed by atoms with Crippen LogP contribution in [-0.2, 0) is 14.3 Å². The summed E-state index contributed by atoms with van der Waals surface area (Å²) in [5, 5.41) is 20.3. The van der Waals surface area contributed by atoms with Crippen LogP contribution in [0.5, 0.6) is 0 Å². The Balaban J connectivity index is 2.41. The van der Waals surface area contributed by atoms with E-state index in [4.69, 9.17) is 0 Å². The van der Waals surface area contributed by atoms with E-state index >= 15 is 0 Å². The molecule has 6 heteroatoms. The van der Waals surface area contributed by atoms with Crippen LogP contribution in [0.15, 0.2) is 12.2 Å². The Bertz CT molecular complexity index is 493. The normalized spacial score (nSPS) is 24.6. The van der Waals surface area contributed by atoms with E-state index in [2.05, 4.69) is 18.6 Å². The molecule has 0 aromatic heterocycles. The third-order valence-electron chi connectivity index (χ3n) is 5.32. The minimum absolute atomic E-state index is 0.0903. The number of unbranched alkanes of at least 4 members (excludes halogenated alkanes) is 3. The molecular weight excluding hydrogens is 376 g/mol. The summed E-state index contributed by atoms with van der Waals surface area (Å²) >= 11 is 1.59. The lowest BCUT2D eigenvalue weighted by Crippen LogP contribution is -2.22. The van der Waals surface area contributed by atoms with Gasteiger partial charge in [0.05, 0.1) is 24.6 Å². The number of ether oxygens (including phenoxy) is 1. The highest BCUT2D eigenvalue weighted by molar-refractivity contribution is 8.00. The maximum absolute atomic E-state index is 12.2. The summed E-state index contributed by atoms with van der Waals surface area (Å²) in [4.78, 5) is 23.3. The molecule has 1 aliphatic rings. The van der Waals surface area contributed by atoms with Crippen molar-refractivity contribution >= 4 is 23.5 Å². The Morgan fingerprint density at radius 1 is 1.32 bits per heavy atom. The van der Waals surface area contributed by atoms with Gasteiger partial charge in [-0.15, -0.1) is 11.8 Å². The van der Waals surface area contributed by atoms with Crippen molar-refractivity contribution < 1.29 is 24.5 Å². The van der Waals surface area contributed by atoms with Crippen LogP contribution >= 0.6 is 11.8 Å². The van der Waals surface area contributed by atoms with E-state index < -0.39 is 12.2 Å². The summed E-state index contributed by atoms with van der Waals surface area (Å²) in [5.41, 5.74) is 0. The summed E-state index contributed by atoms with van der Waals surface area (Å²) in [6, 6.07) is 0. The molecule has 0 spiro atoms. The van der Waals surface area contributed by atoms with E-state index in [9.17, 15) is 19.8 Å². The molecule has 0 heterocycles. The zero-order valence-corrected chi connectivity index (χ0v) is 18.5. The molecule has 0 aromatic carbocycles. The second-order valence-corrected chi connectivity index (χ2v) is 9.18. The average Bonchev–Trinajstić information content (AvgIpc) is 2.93. The van der Waals surface area contributed by atoms with Gasteiger partial charge in [-0.05, 0) is 30.9 Å². The number of carbonyl (C=O) groups is 2. The van der Waals surface area contributed by atoms with E-state index in [-0.39, 0.29) is 29.3 Å². The number of methoxy groups -OCH3 is 1. The fourth-order valence-electron chi connectivity index (χ4n) is 3.59. The number of hydrogen-bond acceptors (Lipinski definition) is 6. The predicted molar refractivity (Wildman–Crippen MR) is 114 cm³/mol. The Labute approximate surface area is 174 Å². The first-order chi connectivity index (χ1) is 13.4. The lowest BCUT2D eigenvalue weighted by molar-refractivity contribution is -0.140. The number of rotatable bonds is 14. The average molecular weight is 415 g/mol. The van der Waals surface area contributed by atoms with Crippen LogP contribution < -0.4 is 0 Å². The van der Waals surface area contributed by atoms with Crippen LogP contribution in [0.4, 0.5) is 0 Å². The van der Waals surface area contributed by atoms with Gasteiger partial charge in [0, 0.05) is 18.8 Å². The number of carbonyl (C=O) groups excluding carboxylic acids is 2. The Hall–Kier alpha value is -0.850. The van der Waals surface area contributed by atoms with Crippen LogP contribution in [0.25, 0.3) is 0 Å². The number of hydrogen-bond donors (Lipinski definition) is 2. The summed E-state index contributed by atoms with van der Waals surface area (Å²) in [5.74, 6) is 0.964. The van der Waals surface area contributed by atoms with E-state index in [1.165, 1.54) is 13.5 Å². The van der Waals surface area contributed by atoms with E-state index in [0.717, 1.165) is 37.9 Å². The number of aliphatic hydroxyl groups is 2. The number of aliphatic hydroxyl groups excluding tert-OH is 2. The van der Waals surface area contributed by atoms with Crippen molar-refractivity contribution in [3.8, 4) is 0 Å². The molecule has 2 N–H and O–H groups in total. The van der Waals surface area contributed by atoms with Gasteiger partial charge in [0.2, 0.25) is 0 Å². The van der Waals surface area contributed by atoms with Gasteiger partial charge in [-0.25, -0.2) is 0 Å². The summed E-state index contributed by atoms with van der Waals surface area (Å²) < 4.78 is 4.62. The summed E-state index contributed by atoms with van der Waals surface area (Å²) in [7, 11) is 1.39. The van der Waals surface area contributed by atoms with Gasteiger partial charge in [-0.2, -0.15) is 0 Å². The van der Waals surface area contributed by atoms with Gasteiger partial charge in [0.15, 0.2) is 0 Å². The molecule has 0 radical (unpaired) electrons. The zero-order valence-electron chi connectivity index (χ0n) is 17.6. The SMILES string of the molecule is CCCC[C@@H](C)CC(O)/C=C/[C@H]1[C@H](O)CC(=O)[C@@H]1SCCCCCC(=O)OC. The van der Waals surface area contributed by atoms with Crippen molar-refractivity contribution in [1.29, 1.82) is 0 Å². The second-order valence-electron chi connectivity index (χ2n) is 7.93.